The van der Waals surface area contributed by atoms with E-state index in [0.717, 1.165) is 35.2 Å². The van der Waals surface area contributed by atoms with Gasteiger partial charge in [-0.2, -0.15) is 5.10 Å². The fourth-order valence-electron chi connectivity index (χ4n) is 5.06. The van der Waals surface area contributed by atoms with Crippen molar-refractivity contribution in [1.82, 2.24) is 25.1 Å². The number of hydrogen-bond donors (Lipinski definition) is 3. The number of sulfonamides is 1. The molecule has 0 spiro atoms. The van der Waals surface area contributed by atoms with Gasteiger partial charge in [0.2, 0.25) is 0 Å². The second-order valence-corrected chi connectivity index (χ2v) is 11.9. The highest BCUT2D eigenvalue weighted by Gasteiger charge is 2.27. The smallest absolute Gasteiger partial charge is 0.261 e. The van der Waals surface area contributed by atoms with Gasteiger partial charge in [-0.3, -0.25) is 9.82 Å². The molecule has 10 nitrogen and oxygen atoms in total. The number of likely N-dealkylation sites (N-methyl/N-ethyl adjacent to an activating group) is 1. The molecule has 0 saturated carbocycles. The minimum Gasteiger partial charge on any atom is -0.373 e. The van der Waals surface area contributed by atoms with Gasteiger partial charge >= 0.3 is 0 Å². The highest BCUT2D eigenvalue weighted by molar-refractivity contribution is 7.92. The molecule has 0 aliphatic carbocycles. The molecular formula is C28H31N7O3S. The molecule has 0 radical (unpaired) electrons. The Morgan fingerprint density at radius 2 is 1.90 bits per heavy atom. The molecule has 1 saturated heterocycles. The lowest BCUT2D eigenvalue weighted by atomic mass is 10.1. The number of nitrogens with one attached hydrogen (secondary N) is 3. The third-order valence-electron chi connectivity index (χ3n) is 6.96. The average molecular weight is 546 g/mol. The number of rotatable bonds is 7. The predicted octanol–water partition coefficient (Wildman–Crippen LogP) is 4.06. The summed E-state index contributed by atoms with van der Waals surface area (Å²) in [4.78, 5) is 13.0. The summed E-state index contributed by atoms with van der Waals surface area (Å²) in [6.07, 6.45) is 0.154. The summed E-state index contributed by atoms with van der Waals surface area (Å²) in [5.74, 6) is 0.645. The maximum atomic E-state index is 12.7. The Hall–Kier alpha value is -3.93. The van der Waals surface area contributed by atoms with Crippen molar-refractivity contribution < 1.29 is 13.2 Å². The Balaban J connectivity index is 1.26. The zero-order valence-corrected chi connectivity index (χ0v) is 22.9. The summed E-state index contributed by atoms with van der Waals surface area (Å²) < 4.78 is 34.1. The van der Waals surface area contributed by atoms with Gasteiger partial charge in [0.1, 0.15) is 5.69 Å². The maximum Gasteiger partial charge on any atom is 0.261 e. The fourth-order valence-corrected chi connectivity index (χ4v) is 6.13. The third-order valence-corrected chi connectivity index (χ3v) is 8.36. The molecule has 3 N–H and O–H groups in total. The Morgan fingerprint density at radius 3 is 2.69 bits per heavy atom. The average Bonchev–Trinajstić information content (AvgIpc) is 3.53. The number of nitrogens with zero attached hydrogens (tertiary/aromatic N) is 4. The number of aromatic amines is 2. The molecule has 39 heavy (non-hydrogen) atoms. The quantitative estimate of drug-likeness (QED) is 0.282. The molecule has 0 bridgehead atoms. The topological polar surface area (TPSA) is 119 Å². The van der Waals surface area contributed by atoms with Crippen LogP contribution in [0.1, 0.15) is 6.92 Å². The van der Waals surface area contributed by atoms with Crippen LogP contribution in [0, 0.1) is 0 Å². The first-order valence-corrected chi connectivity index (χ1v) is 14.3. The predicted molar refractivity (Wildman–Crippen MR) is 154 cm³/mol. The fraction of sp³-hybridized carbons (Fsp3) is 0.286. The van der Waals surface area contributed by atoms with E-state index in [0.29, 0.717) is 29.3 Å². The number of hydrogen-bond acceptors (Lipinski definition) is 7. The van der Waals surface area contributed by atoms with Gasteiger partial charge in [0.25, 0.3) is 10.0 Å². The lowest BCUT2D eigenvalue weighted by Gasteiger charge is -2.40. The van der Waals surface area contributed by atoms with E-state index in [1.807, 2.05) is 12.1 Å². The van der Waals surface area contributed by atoms with Gasteiger partial charge < -0.3 is 19.5 Å². The van der Waals surface area contributed by atoms with E-state index >= 15 is 0 Å². The number of morpholine rings is 1. The van der Waals surface area contributed by atoms with Crippen molar-refractivity contribution in [3.63, 3.8) is 0 Å². The normalized spacial score (nSPS) is 18.3. The zero-order chi connectivity index (χ0) is 27.1. The number of aromatic nitrogens is 4. The monoisotopic (exact) mass is 545 g/mol. The molecule has 2 atom stereocenters. The first kappa shape index (κ1) is 25.4. The minimum atomic E-state index is -3.69. The highest BCUT2D eigenvalue weighted by atomic mass is 32.2. The van der Waals surface area contributed by atoms with Crippen molar-refractivity contribution in [2.75, 3.05) is 43.4 Å². The van der Waals surface area contributed by atoms with Crippen LogP contribution in [0.4, 0.5) is 11.4 Å². The molecule has 1 fully saturated rings. The van der Waals surface area contributed by atoms with Gasteiger partial charge in [0.15, 0.2) is 5.82 Å². The second-order valence-electron chi connectivity index (χ2n) is 10.3. The van der Waals surface area contributed by atoms with Gasteiger partial charge in [-0.1, -0.05) is 18.2 Å². The van der Waals surface area contributed by atoms with E-state index in [4.69, 9.17) is 9.72 Å². The van der Waals surface area contributed by atoms with Crippen LogP contribution in [0.15, 0.2) is 71.6 Å². The van der Waals surface area contributed by atoms with E-state index in [9.17, 15) is 8.42 Å². The summed E-state index contributed by atoms with van der Waals surface area (Å²) in [7, 11) is 0.435. The molecule has 6 rings (SSSR count). The van der Waals surface area contributed by atoms with Crippen LogP contribution in [-0.4, -0.2) is 79.4 Å². The first-order valence-electron chi connectivity index (χ1n) is 12.9. The molecule has 5 aromatic rings. The number of H-pyrrole nitrogens is 2. The summed E-state index contributed by atoms with van der Waals surface area (Å²) in [5.41, 5.74) is 4.72. The third kappa shape index (κ3) is 5.08. The van der Waals surface area contributed by atoms with Gasteiger partial charge in [-0.25, -0.2) is 13.4 Å². The number of ether oxygens (including phenoxy) is 1. The van der Waals surface area contributed by atoms with Gasteiger partial charge in [-0.05, 0) is 69.6 Å². The molecule has 1 aliphatic heterocycles. The maximum absolute atomic E-state index is 12.7. The largest absolute Gasteiger partial charge is 0.373 e. The second kappa shape index (κ2) is 9.99. The van der Waals surface area contributed by atoms with Crippen LogP contribution in [0.2, 0.25) is 0 Å². The summed E-state index contributed by atoms with van der Waals surface area (Å²) in [5, 5.41) is 8.34. The molecule has 3 heterocycles. The number of fused-ring (bicyclic) bond motifs is 2. The molecule has 1 aliphatic rings. The van der Waals surface area contributed by atoms with Crippen LogP contribution >= 0.6 is 0 Å². The number of anilines is 2. The van der Waals surface area contributed by atoms with Gasteiger partial charge in [-0.15, -0.1) is 0 Å². The summed E-state index contributed by atoms with van der Waals surface area (Å²) in [6.45, 7) is 4.57. The first-order chi connectivity index (χ1) is 18.8. The Labute approximate surface area is 227 Å². The van der Waals surface area contributed by atoms with Crippen LogP contribution in [0.5, 0.6) is 0 Å². The highest BCUT2D eigenvalue weighted by Crippen LogP contribution is 2.31. The SMILES string of the molecule is CC1COC(CN(C)C)CN1c1ccc2nc(-c3n[nH]c4cc(NS(=O)(=O)c5ccccc5)ccc34)[nH]c2c1. The van der Waals surface area contributed by atoms with Crippen LogP contribution in [-0.2, 0) is 14.8 Å². The van der Waals surface area contributed by atoms with E-state index in [1.54, 1.807) is 42.5 Å². The van der Waals surface area contributed by atoms with Gasteiger partial charge in [0, 0.05) is 30.2 Å². The van der Waals surface area contributed by atoms with Crippen LogP contribution in [0.3, 0.4) is 0 Å². The lowest BCUT2D eigenvalue weighted by molar-refractivity contribution is 0.00880. The van der Waals surface area contributed by atoms with Crippen molar-refractivity contribution in [1.29, 1.82) is 0 Å². The zero-order valence-electron chi connectivity index (χ0n) is 22.0. The molecule has 3 aromatic carbocycles. The molecule has 0 amide bonds. The molecule has 11 heteroatoms. The van der Waals surface area contributed by atoms with Crippen LogP contribution in [0.25, 0.3) is 33.5 Å². The number of imidazole rings is 1. The van der Waals surface area contributed by atoms with Crippen molar-refractivity contribution >= 4 is 43.3 Å². The molecular weight excluding hydrogens is 514 g/mol. The lowest BCUT2D eigenvalue weighted by Crippen LogP contribution is -2.51. The van der Waals surface area contributed by atoms with Crippen molar-refractivity contribution in [2.45, 2.75) is 24.0 Å². The molecule has 202 valence electrons. The van der Waals surface area contributed by atoms with E-state index < -0.39 is 10.0 Å². The molecule has 2 aromatic heterocycles. The standard InChI is InChI=1S/C28H31N7O3S/c1-18-17-38-21(15-34(2)3)16-35(18)20-10-12-24-26(14-20)30-28(29-24)27-23-11-9-19(13-25(23)31-32-27)33-39(36,37)22-7-5-4-6-8-22/h4-14,18,21,33H,15-17H2,1-3H3,(H,29,30)(H,31,32). The Morgan fingerprint density at radius 1 is 1.08 bits per heavy atom. The minimum absolute atomic E-state index is 0.154. The van der Waals surface area contributed by atoms with Crippen LogP contribution < -0.4 is 9.62 Å². The molecule has 2 unspecified atom stereocenters. The van der Waals surface area contributed by atoms with E-state index in [1.165, 1.54) is 0 Å². The van der Waals surface area contributed by atoms with Crippen molar-refractivity contribution in [3.05, 3.63) is 66.7 Å². The van der Waals surface area contributed by atoms with Crippen molar-refractivity contribution in [3.8, 4) is 11.5 Å². The van der Waals surface area contributed by atoms with E-state index in [-0.39, 0.29) is 17.0 Å². The Kier molecular flexibility index (Phi) is 6.49. The van der Waals surface area contributed by atoms with Crippen molar-refractivity contribution in [2.24, 2.45) is 0 Å². The Bertz CT molecular complexity index is 1730. The number of benzene rings is 3. The van der Waals surface area contributed by atoms with E-state index in [2.05, 4.69) is 62.9 Å². The van der Waals surface area contributed by atoms with Gasteiger partial charge in [0.05, 0.1) is 39.8 Å². The summed E-state index contributed by atoms with van der Waals surface area (Å²) in [6, 6.07) is 20.1. The summed E-state index contributed by atoms with van der Waals surface area (Å²) >= 11 is 0.